The van der Waals surface area contributed by atoms with E-state index in [1.807, 2.05) is 0 Å². The number of nitrogens with one attached hydrogen (secondary N) is 1. The third-order valence-corrected chi connectivity index (χ3v) is 4.41. The Balaban J connectivity index is 3.51. The maximum Gasteiger partial charge on any atom is 0.0760 e. The Morgan fingerprint density at radius 1 is 0.857 bits per heavy atom. The highest BCUT2D eigenvalue weighted by Crippen LogP contribution is 2.16. The fourth-order valence-corrected chi connectivity index (χ4v) is 3.10. The fraction of sp³-hybridized carbons (Fsp3) is 1.00. The molecule has 0 aliphatic carbocycles. The molecule has 0 aromatic carbocycles. The van der Waals surface area contributed by atoms with Crippen molar-refractivity contribution in [3.05, 3.63) is 0 Å². The molecule has 0 aromatic rings. The van der Waals surface area contributed by atoms with Crippen molar-refractivity contribution in [1.82, 2.24) is 5.43 Å². The van der Waals surface area contributed by atoms with Crippen molar-refractivity contribution in [1.29, 1.82) is 0 Å². The Labute approximate surface area is 133 Å². The molecule has 0 spiro atoms. The van der Waals surface area contributed by atoms with Gasteiger partial charge in [-0.25, -0.2) is 0 Å². The quantitative estimate of drug-likeness (QED) is 0.259. The normalized spacial score (nSPS) is 14.6. The van der Waals surface area contributed by atoms with Gasteiger partial charge in [0.15, 0.2) is 0 Å². The van der Waals surface area contributed by atoms with Gasteiger partial charge in [0.25, 0.3) is 0 Å². The Hall–Kier alpha value is -0.120. The topological polar surface area (TPSA) is 47.3 Å². The van der Waals surface area contributed by atoms with Crippen LogP contribution in [0.3, 0.4) is 0 Å². The molecule has 2 atom stereocenters. The predicted molar refractivity (Wildman–Crippen MR) is 93.2 cm³/mol. The van der Waals surface area contributed by atoms with Gasteiger partial charge >= 0.3 is 0 Å². The van der Waals surface area contributed by atoms with Gasteiger partial charge in [0.1, 0.15) is 0 Å². The number of nitrogens with two attached hydrogens (primary N) is 1. The minimum atomic E-state index is 0.216. The van der Waals surface area contributed by atoms with E-state index in [9.17, 15) is 0 Å². The molecule has 0 aliphatic heterocycles. The molecule has 128 valence electrons. The van der Waals surface area contributed by atoms with Gasteiger partial charge in [-0.15, -0.1) is 0 Å². The summed E-state index contributed by atoms with van der Waals surface area (Å²) < 4.78 is 5.56. The summed E-state index contributed by atoms with van der Waals surface area (Å²) in [5, 5.41) is 0. The summed E-state index contributed by atoms with van der Waals surface area (Å²) in [5.74, 6) is 6.18. The number of rotatable bonds is 15. The first-order valence-corrected chi connectivity index (χ1v) is 9.16. The summed E-state index contributed by atoms with van der Waals surface area (Å²) in [6.45, 7) is 6.66. The van der Waals surface area contributed by atoms with Crippen LogP contribution in [-0.4, -0.2) is 19.3 Å². The van der Waals surface area contributed by atoms with E-state index in [-0.39, 0.29) is 12.1 Å². The summed E-state index contributed by atoms with van der Waals surface area (Å²) in [6.07, 6.45) is 15.1. The average Bonchev–Trinajstić information content (AvgIpc) is 2.47. The highest BCUT2D eigenvalue weighted by Gasteiger charge is 2.22. The number of hydrogen-bond donors (Lipinski definition) is 2. The van der Waals surface area contributed by atoms with E-state index >= 15 is 0 Å². The van der Waals surface area contributed by atoms with Crippen LogP contribution < -0.4 is 11.3 Å². The zero-order valence-corrected chi connectivity index (χ0v) is 15.0. The molecule has 0 rings (SSSR count). The van der Waals surface area contributed by atoms with Crippen molar-refractivity contribution in [2.75, 3.05) is 7.11 Å². The first-order valence-electron chi connectivity index (χ1n) is 9.16. The van der Waals surface area contributed by atoms with E-state index in [1.54, 1.807) is 7.11 Å². The fourth-order valence-electron chi connectivity index (χ4n) is 3.10. The highest BCUT2D eigenvalue weighted by atomic mass is 16.5. The first kappa shape index (κ1) is 20.9. The van der Waals surface area contributed by atoms with E-state index in [1.165, 1.54) is 64.2 Å². The molecule has 3 heteroatoms. The maximum atomic E-state index is 5.68. The lowest BCUT2D eigenvalue weighted by Crippen LogP contribution is -2.47. The van der Waals surface area contributed by atoms with Gasteiger partial charge in [-0.3, -0.25) is 11.3 Å². The van der Waals surface area contributed by atoms with Gasteiger partial charge in [0.05, 0.1) is 6.10 Å². The van der Waals surface area contributed by atoms with Crippen molar-refractivity contribution in [3.8, 4) is 0 Å². The standard InChI is InChI=1S/C18H40N2O/c1-5-6-7-8-9-10-11-12-13-14-15-17(20-19)18(21-4)16(2)3/h16-18,20H,5-15,19H2,1-4H3. The molecule has 0 aromatic heterocycles. The van der Waals surface area contributed by atoms with Gasteiger partial charge in [0.2, 0.25) is 0 Å². The zero-order valence-electron chi connectivity index (χ0n) is 15.0. The van der Waals surface area contributed by atoms with E-state index in [4.69, 9.17) is 10.6 Å². The zero-order chi connectivity index (χ0) is 15.9. The lowest BCUT2D eigenvalue weighted by atomic mass is 9.95. The second-order valence-corrected chi connectivity index (χ2v) is 6.69. The molecule has 21 heavy (non-hydrogen) atoms. The van der Waals surface area contributed by atoms with Gasteiger partial charge in [-0.2, -0.15) is 0 Å². The summed E-state index contributed by atoms with van der Waals surface area (Å²) in [5.41, 5.74) is 2.94. The summed E-state index contributed by atoms with van der Waals surface area (Å²) in [6, 6.07) is 0.282. The van der Waals surface area contributed by atoms with Crippen molar-refractivity contribution in [3.63, 3.8) is 0 Å². The average molecular weight is 301 g/mol. The van der Waals surface area contributed by atoms with Gasteiger partial charge < -0.3 is 4.74 Å². The van der Waals surface area contributed by atoms with E-state index in [0.717, 1.165) is 6.42 Å². The van der Waals surface area contributed by atoms with Crippen LogP contribution in [0.1, 0.15) is 91.4 Å². The molecule has 0 saturated heterocycles. The minimum absolute atomic E-state index is 0.216. The molecule has 0 heterocycles. The van der Waals surface area contributed by atoms with Crippen LogP contribution in [0.5, 0.6) is 0 Å². The van der Waals surface area contributed by atoms with E-state index in [0.29, 0.717) is 5.92 Å². The first-order chi connectivity index (χ1) is 10.2. The molecular formula is C18H40N2O. The van der Waals surface area contributed by atoms with Crippen molar-refractivity contribution in [2.24, 2.45) is 11.8 Å². The van der Waals surface area contributed by atoms with E-state index < -0.39 is 0 Å². The van der Waals surface area contributed by atoms with Crippen LogP contribution >= 0.6 is 0 Å². The molecule has 0 bridgehead atoms. The van der Waals surface area contributed by atoms with Crippen LogP contribution in [0.25, 0.3) is 0 Å². The number of methoxy groups -OCH3 is 1. The molecule has 0 aliphatic rings. The van der Waals surface area contributed by atoms with E-state index in [2.05, 4.69) is 26.2 Å². The second-order valence-electron chi connectivity index (χ2n) is 6.69. The third kappa shape index (κ3) is 11.1. The van der Waals surface area contributed by atoms with Crippen molar-refractivity contribution < 1.29 is 4.74 Å². The lowest BCUT2D eigenvalue weighted by molar-refractivity contribution is 0.0299. The molecule has 3 N–H and O–H groups in total. The number of hydrogen-bond acceptors (Lipinski definition) is 3. The van der Waals surface area contributed by atoms with Gasteiger partial charge in [-0.1, -0.05) is 85.0 Å². The van der Waals surface area contributed by atoms with Gasteiger partial charge in [0, 0.05) is 13.2 Å². The smallest absolute Gasteiger partial charge is 0.0760 e. The molecule has 3 nitrogen and oxygen atoms in total. The molecule has 0 amide bonds. The maximum absolute atomic E-state index is 5.68. The molecular weight excluding hydrogens is 260 g/mol. The van der Waals surface area contributed by atoms with Crippen LogP contribution in [0.2, 0.25) is 0 Å². The number of ether oxygens (including phenoxy) is 1. The van der Waals surface area contributed by atoms with Crippen molar-refractivity contribution in [2.45, 2.75) is 104 Å². The third-order valence-electron chi connectivity index (χ3n) is 4.41. The lowest BCUT2D eigenvalue weighted by Gasteiger charge is -2.28. The minimum Gasteiger partial charge on any atom is -0.380 e. The highest BCUT2D eigenvalue weighted by molar-refractivity contribution is 4.77. The number of hydrazine groups is 1. The summed E-state index contributed by atoms with van der Waals surface area (Å²) >= 11 is 0. The molecule has 0 fully saturated rings. The number of unbranched alkanes of at least 4 members (excludes halogenated alkanes) is 9. The van der Waals surface area contributed by atoms with Crippen molar-refractivity contribution >= 4 is 0 Å². The molecule has 0 saturated carbocycles. The molecule has 0 radical (unpaired) electrons. The summed E-state index contributed by atoms with van der Waals surface area (Å²) in [4.78, 5) is 0. The Bertz CT molecular complexity index is 209. The Morgan fingerprint density at radius 2 is 1.33 bits per heavy atom. The van der Waals surface area contributed by atoms with Crippen LogP contribution in [0, 0.1) is 5.92 Å². The monoisotopic (exact) mass is 300 g/mol. The van der Waals surface area contributed by atoms with Crippen LogP contribution in [0.15, 0.2) is 0 Å². The summed E-state index contributed by atoms with van der Waals surface area (Å²) in [7, 11) is 1.79. The Morgan fingerprint density at radius 3 is 1.71 bits per heavy atom. The van der Waals surface area contributed by atoms with Crippen LogP contribution in [0.4, 0.5) is 0 Å². The second kappa shape index (κ2) is 14.8. The molecule has 2 unspecified atom stereocenters. The largest absolute Gasteiger partial charge is 0.380 e. The van der Waals surface area contributed by atoms with Crippen LogP contribution in [-0.2, 0) is 4.74 Å². The predicted octanol–water partition coefficient (Wildman–Crippen LogP) is 4.80. The van der Waals surface area contributed by atoms with Gasteiger partial charge in [-0.05, 0) is 12.3 Å². The Kier molecular flexibility index (Phi) is 14.7. The SMILES string of the molecule is CCCCCCCCCCCCC(NN)C(OC)C(C)C.